The molecule has 1 N–H and O–H groups in total. The number of nitrogens with zero attached hydrogens (tertiary/aromatic N) is 3. The second kappa shape index (κ2) is 6.80. The molecule has 4 rings (SSSR count). The highest BCUT2D eigenvalue weighted by Crippen LogP contribution is 2.21. The second-order valence-electron chi connectivity index (χ2n) is 5.96. The van der Waals surface area contributed by atoms with Gasteiger partial charge in [-0.15, -0.1) is 0 Å². The molecule has 1 aromatic heterocycles. The molecule has 0 saturated carbocycles. The standard InChI is InChI=1S/C20H18N4O/c21-14-16(20-22-18-3-1-2-4-19(18)23-20)13-15-5-7-17(8-6-15)24-9-11-25-12-10-24/h1-8,13H,9-12H2,(H,22,23)/b16-13-. The number of aromatic nitrogens is 2. The summed E-state index contributed by atoms with van der Waals surface area (Å²) in [4.78, 5) is 10.0. The van der Waals surface area contributed by atoms with Crippen LogP contribution >= 0.6 is 0 Å². The van der Waals surface area contributed by atoms with Crippen LogP contribution in [0, 0.1) is 11.3 Å². The Morgan fingerprint density at radius 3 is 2.60 bits per heavy atom. The quantitative estimate of drug-likeness (QED) is 0.747. The Morgan fingerprint density at radius 2 is 1.88 bits per heavy atom. The number of benzene rings is 2. The maximum Gasteiger partial charge on any atom is 0.149 e. The summed E-state index contributed by atoms with van der Waals surface area (Å²) in [5, 5.41) is 9.52. The molecule has 5 nitrogen and oxygen atoms in total. The highest BCUT2D eigenvalue weighted by atomic mass is 16.5. The van der Waals surface area contributed by atoms with Gasteiger partial charge in [-0.05, 0) is 35.9 Å². The average molecular weight is 330 g/mol. The summed E-state index contributed by atoms with van der Waals surface area (Å²) < 4.78 is 5.39. The third-order valence-corrected chi connectivity index (χ3v) is 4.35. The molecule has 5 heteroatoms. The molecule has 0 radical (unpaired) electrons. The average Bonchev–Trinajstić information content (AvgIpc) is 3.11. The van der Waals surface area contributed by atoms with Crippen LogP contribution in [-0.2, 0) is 4.74 Å². The number of allylic oxidation sites excluding steroid dienone is 1. The third-order valence-electron chi connectivity index (χ3n) is 4.35. The lowest BCUT2D eigenvalue weighted by Gasteiger charge is -2.28. The molecule has 2 heterocycles. The molecular formula is C20H18N4O. The number of nitrogens with one attached hydrogen (secondary N) is 1. The Kier molecular flexibility index (Phi) is 4.19. The first kappa shape index (κ1) is 15.4. The van der Waals surface area contributed by atoms with E-state index in [1.807, 2.05) is 42.5 Å². The van der Waals surface area contributed by atoms with Gasteiger partial charge in [-0.2, -0.15) is 5.26 Å². The minimum Gasteiger partial charge on any atom is -0.378 e. The molecule has 0 unspecified atom stereocenters. The summed E-state index contributed by atoms with van der Waals surface area (Å²) in [5.41, 5.74) is 4.48. The fourth-order valence-corrected chi connectivity index (χ4v) is 3.00. The predicted octanol–water partition coefficient (Wildman–Crippen LogP) is 3.46. The lowest BCUT2D eigenvalue weighted by Crippen LogP contribution is -2.36. The molecule has 3 aromatic rings. The predicted molar refractivity (Wildman–Crippen MR) is 99.1 cm³/mol. The minimum atomic E-state index is 0.523. The largest absolute Gasteiger partial charge is 0.378 e. The second-order valence-corrected chi connectivity index (χ2v) is 5.96. The van der Waals surface area contributed by atoms with E-state index in [1.54, 1.807) is 0 Å². The third kappa shape index (κ3) is 3.25. The molecule has 1 aliphatic rings. The zero-order chi connectivity index (χ0) is 17.1. The molecular weight excluding hydrogens is 312 g/mol. The lowest BCUT2D eigenvalue weighted by atomic mass is 10.1. The Bertz CT molecular complexity index is 911. The van der Waals surface area contributed by atoms with Gasteiger partial charge in [0.05, 0.1) is 29.8 Å². The van der Waals surface area contributed by atoms with Crippen LogP contribution in [0.2, 0.25) is 0 Å². The number of hydrogen-bond acceptors (Lipinski definition) is 4. The first-order chi connectivity index (χ1) is 12.3. The summed E-state index contributed by atoms with van der Waals surface area (Å²) in [6.07, 6.45) is 1.86. The summed E-state index contributed by atoms with van der Waals surface area (Å²) in [6, 6.07) is 18.3. The van der Waals surface area contributed by atoms with Crippen molar-refractivity contribution in [3.63, 3.8) is 0 Å². The molecule has 1 aliphatic heterocycles. The number of para-hydroxylation sites is 2. The number of imidazole rings is 1. The van der Waals surface area contributed by atoms with Gasteiger partial charge in [0.1, 0.15) is 11.9 Å². The number of aromatic amines is 1. The van der Waals surface area contributed by atoms with E-state index in [0.717, 1.165) is 42.9 Å². The topological polar surface area (TPSA) is 64.9 Å². The SMILES string of the molecule is N#C/C(=C/c1ccc(N2CCOCC2)cc1)c1nc2ccccc2[nH]1. The van der Waals surface area contributed by atoms with Crippen molar-refractivity contribution < 1.29 is 4.74 Å². The van der Waals surface area contributed by atoms with Crippen molar-refractivity contribution in [2.24, 2.45) is 0 Å². The summed E-state index contributed by atoms with van der Waals surface area (Å²) in [6.45, 7) is 3.37. The van der Waals surface area contributed by atoms with Crippen molar-refractivity contribution in [3.05, 3.63) is 59.9 Å². The van der Waals surface area contributed by atoms with Crippen molar-refractivity contribution in [2.75, 3.05) is 31.2 Å². The number of H-pyrrole nitrogens is 1. The molecule has 1 saturated heterocycles. The van der Waals surface area contributed by atoms with Crippen molar-refractivity contribution >= 4 is 28.4 Å². The van der Waals surface area contributed by atoms with E-state index < -0.39 is 0 Å². The van der Waals surface area contributed by atoms with Gasteiger partial charge in [0.25, 0.3) is 0 Å². The fourth-order valence-electron chi connectivity index (χ4n) is 3.00. The molecule has 0 spiro atoms. The van der Waals surface area contributed by atoms with Gasteiger partial charge >= 0.3 is 0 Å². The van der Waals surface area contributed by atoms with Crippen LogP contribution < -0.4 is 4.90 Å². The Balaban J connectivity index is 1.60. The van der Waals surface area contributed by atoms with Crippen LogP contribution in [0.3, 0.4) is 0 Å². The van der Waals surface area contributed by atoms with Gasteiger partial charge in [-0.3, -0.25) is 0 Å². The fraction of sp³-hybridized carbons (Fsp3) is 0.200. The molecule has 0 amide bonds. The van der Waals surface area contributed by atoms with Crippen molar-refractivity contribution in [1.82, 2.24) is 9.97 Å². The zero-order valence-corrected chi connectivity index (χ0v) is 13.8. The normalized spacial score (nSPS) is 15.3. The number of rotatable bonds is 3. The Labute approximate surface area is 146 Å². The summed E-state index contributed by atoms with van der Waals surface area (Å²) in [5.74, 6) is 0.598. The number of hydrogen-bond donors (Lipinski definition) is 1. The van der Waals surface area contributed by atoms with Crippen LogP contribution in [0.25, 0.3) is 22.7 Å². The number of anilines is 1. The first-order valence-electron chi connectivity index (χ1n) is 8.33. The van der Waals surface area contributed by atoms with Crippen molar-refractivity contribution in [2.45, 2.75) is 0 Å². The van der Waals surface area contributed by atoms with E-state index in [-0.39, 0.29) is 0 Å². The molecule has 25 heavy (non-hydrogen) atoms. The molecule has 2 aromatic carbocycles. The van der Waals surface area contributed by atoms with Crippen LogP contribution in [-0.4, -0.2) is 36.3 Å². The van der Waals surface area contributed by atoms with Crippen LogP contribution in [0.5, 0.6) is 0 Å². The van der Waals surface area contributed by atoms with Crippen LogP contribution in [0.4, 0.5) is 5.69 Å². The minimum absolute atomic E-state index is 0.523. The lowest BCUT2D eigenvalue weighted by molar-refractivity contribution is 0.122. The number of fused-ring (bicyclic) bond motifs is 1. The number of nitriles is 1. The van der Waals surface area contributed by atoms with Gasteiger partial charge in [-0.25, -0.2) is 4.98 Å². The van der Waals surface area contributed by atoms with Crippen molar-refractivity contribution in [3.8, 4) is 6.07 Å². The van der Waals surface area contributed by atoms with Gasteiger partial charge in [-0.1, -0.05) is 24.3 Å². The van der Waals surface area contributed by atoms with E-state index >= 15 is 0 Å². The van der Waals surface area contributed by atoms with E-state index in [9.17, 15) is 5.26 Å². The van der Waals surface area contributed by atoms with Crippen LogP contribution in [0.1, 0.15) is 11.4 Å². The van der Waals surface area contributed by atoms with Gasteiger partial charge < -0.3 is 14.6 Å². The monoisotopic (exact) mass is 330 g/mol. The highest BCUT2D eigenvalue weighted by Gasteiger charge is 2.11. The van der Waals surface area contributed by atoms with E-state index in [1.165, 1.54) is 5.69 Å². The van der Waals surface area contributed by atoms with E-state index in [2.05, 4.69) is 33.1 Å². The van der Waals surface area contributed by atoms with Crippen molar-refractivity contribution in [1.29, 1.82) is 5.26 Å². The van der Waals surface area contributed by atoms with E-state index in [0.29, 0.717) is 11.4 Å². The number of ether oxygens (including phenoxy) is 1. The molecule has 0 bridgehead atoms. The highest BCUT2D eigenvalue weighted by molar-refractivity contribution is 5.90. The van der Waals surface area contributed by atoms with Crippen LogP contribution in [0.15, 0.2) is 48.5 Å². The molecule has 0 aliphatic carbocycles. The smallest absolute Gasteiger partial charge is 0.149 e. The molecule has 1 fully saturated rings. The Morgan fingerprint density at radius 1 is 1.12 bits per heavy atom. The molecule has 0 atom stereocenters. The zero-order valence-electron chi connectivity index (χ0n) is 13.8. The van der Waals surface area contributed by atoms with Gasteiger partial charge in [0, 0.05) is 18.8 Å². The van der Waals surface area contributed by atoms with E-state index in [4.69, 9.17) is 4.74 Å². The Hall–Kier alpha value is -3.10. The summed E-state index contributed by atoms with van der Waals surface area (Å²) in [7, 11) is 0. The maximum absolute atomic E-state index is 9.52. The van der Waals surface area contributed by atoms with Gasteiger partial charge in [0.15, 0.2) is 0 Å². The van der Waals surface area contributed by atoms with Gasteiger partial charge in [0.2, 0.25) is 0 Å². The summed E-state index contributed by atoms with van der Waals surface area (Å²) >= 11 is 0. The maximum atomic E-state index is 9.52. The molecule has 124 valence electrons. The number of morpholine rings is 1. The first-order valence-corrected chi connectivity index (χ1v) is 8.33.